The maximum Gasteiger partial charge on any atom is 0.277 e. The average Bonchev–Trinajstić information content (AvgIpc) is 2.37. The van der Waals surface area contributed by atoms with Gasteiger partial charge in [0.25, 0.3) is 5.56 Å². The number of rotatable bonds is 3. The number of H-pyrrole nitrogens is 1. The van der Waals surface area contributed by atoms with Crippen molar-refractivity contribution in [2.45, 2.75) is 6.54 Å². The van der Waals surface area contributed by atoms with Gasteiger partial charge in [0.15, 0.2) is 5.69 Å². The zero-order valence-corrected chi connectivity index (χ0v) is 10.9. The molecule has 0 aliphatic rings. The molecule has 7 heteroatoms. The van der Waals surface area contributed by atoms with E-state index >= 15 is 0 Å². The van der Waals surface area contributed by atoms with Gasteiger partial charge in [0.2, 0.25) is 5.88 Å². The summed E-state index contributed by atoms with van der Waals surface area (Å²) in [5.74, 6) is 0.585. The zero-order chi connectivity index (χ0) is 13.1. The maximum absolute atomic E-state index is 11.3. The van der Waals surface area contributed by atoms with Gasteiger partial charge in [0, 0.05) is 16.6 Å². The van der Waals surface area contributed by atoms with Crippen molar-refractivity contribution in [3.63, 3.8) is 0 Å². The Labute approximate surface area is 111 Å². The Morgan fingerprint density at radius 3 is 2.94 bits per heavy atom. The molecule has 0 atom stereocenters. The summed E-state index contributed by atoms with van der Waals surface area (Å²) in [6.07, 6.45) is 1.23. The van der Waals surface area contributed by atoms with Gasteiger partial charge in [0.1, 0.15) is 5.75 Å². The van der Waals surface area contributed by atoms with Gasteiger partial charge in [0.05, 0.1) is 6.33 Å². The van der Waals surface area contributed by atoms with Crippen LogP contribution in [0.5, 0.6) is 11.6 Å². The first kappa shape index (κ1) is 12.6. The summed E-state index contributed by atoms with van der Waals surface area (Å²) in [6.45, 7) is 0.303. The Kier molecular flexibility index (Phi) is 3.63. The van der Waals surface area contributed by atoms with Gasteiger partial charge in [-0.3, -0.25) is 4.79 Å². The van der Waals surface area contributed by atoms with E-state index in [9.17, 15) is 4.79 Å². The Hall–Kier alpha value is -1.86. The van der Waals surface area contributed by atoms with E-state index in [2.05, 4.69) is 25.9 Å². The first-order valence-electron chi connectivity index (χ1n) is 5.11. The molecule has 94 valence electrons. The minimum Gasteiger partial charge on any atom is -0.437 e. The molecule has 0 amide bonds. The van der Waals surface area contributed by atoms with Crippen LogP contribution in [-0.4, -0.2) is 9.97 Å². The molecule has 1 aromatic heterocycles. The molecule has 1 aromatic carbocycles. The minimum atomic E-state index is -0.439. The third-order valence-electron chi connectivity index (χ3n) is 2.30. The van der Waals surface area contributed by atoms with Crippen molar-refractivity contribution in [2.75, 3.05) is 5.73 Å². The molecule has 0 aliphatic carbocycles. The molecule has 0 radical (unpaired) electrons. The van der Waals surface area contributed by atoms with Crippen LogP contribution < -0.4 is 21.8 Å². The average molecular weight is 311 g/mol. The van der Waals surface area contributed by atoms with Crippen LogP contribution in [0, 0.1) is 0 Å². The van der Waals surface area contributed by atoms with Gasteiger partial charge in [-0.1, -0.05) is 15.9 Å². The lowest BCUT2D eigenvalue weighted by molar-refractivity contribution is 0.457. The fourth-order valence-corrected chi connectivity index (χ4v) is 1.80. The first-order valence-corrected chi connectivity index (χ1v) is 5.90. The molecular weight excluding hydrogens is 300 g/mol. The Morgan fingerprint density at radius 2 is 2.22 bits per heavy atom. The number of hydrogen-bond acceptors (Lipinski definition) is 5. The quantitative estimate of drug-likeness (QED) is 0.793. The van der Waals surface area contributed by atoms with E-state index in [1.165, 1.54) is 6.33 Å². The van der Waals surface area contributed by atoms with E-state index in [1.54, 1.807) is 12.1 Å². The van der Waals surface area contributed by atoms with Crippen LogP contribution in [0.2, 0.25) is 0 Å². The third kappa shape index (κ3) is 2.52. The highest BCUT2D eigenvalue weighted by molar-refractivity contribution is 9.10. The van der Waals surface area contributed by atoms with E-state index in [0.29, 0.717) is 12.3 Å². The van der Waals surface area contributed by atoms with E-state index < -0.39 is 5.56 Å². The summed E-state index contributed by atoms with van der Waals surface area (Å²) in [4.78, 5) is 17.5. The molecule has 2 rings (SSSR count). The number of benzene rings is 1. The number of halogens is 1. The Balaban J connectivity index is 2.40. The van der Waals surface area contributed by atoms with Crippen molar-refractivity contribution >= 4 is 21.6 Å². The molecule has 0 bridgehead atoms. The molecule has 0 aliphatic heterocycles. The largest absolute Gasteiger partial charge is 0.437 e. The van der Waals surface area contributed by atoms with E-state index in [-0.39, 0.29) is 11.6 Å². The number of nitrogens with zero attached hydrogens (tertiary/aromatic N) is 1. The van der Waals surface area contributed by atoms with Crippen molar-refractivity contribution in [3.8, 4) is 11.6 Å². The van der Waals surface area contributed by atoms with Crippen LogP contribution in [-0.2, 0) is 6.54 Å². The Bertz CT molecular complexity index is 627. The summed E-state index contributed by atoms with van der Waals surface area (Å²) < 4.78 is 6.40. The maximum atomic E-state index is 11.3. The predicted molar refractivity (Wildman–Crippen MR) is 71.4 cm³/mol. The predicted octanol–water partition coefficient (Wildman–Crippen LogP) is 1.37. The molecule has 2 aromatic rings. The highest BCUT2D eigenvalue weighted by atomic mass is 79.9. The molecule has 0 saturated heterocycles. The van der Waals surface area contributed by atoms with Crippen LogP contribution in [0.15, 0.2) is 33.8 Å². The summed E-state index contributed by atoms with van der Waals surface area (Å²) >= 11 is 3.34. The lowest BCUT2D eigenvalue weighted by atomic mass is 10.2. The highest BCUT2D eigenvalue weighted by Gasteiger charge is 2.10. The van der Waals surface area contributed by atoms with Crippen molar-refractivity contribution in [1.29, 1.82) is 0 Å². The smallest absolute Gasteiger partial charge is 0.277 e. The molecule has 1 heterocycles. The molecule has 0 fully saturated rings. The van der Waals surface area contributed by atoms with Crippen molar-refractivity contribution in [3.05, 3.63) is 44.9 Å². The number of nitrogens with two attached hydrogens (primary N) is 2. The topological polar surface area (TPSA) is 107 Å². The fraction of sp³-hybridized carbons (Fsp3) is 0.0909. The minimum absolute atomic E-state index is 0.0655. The third-order valence-corrected chi connectivity index (χ3v) is 2.79. The first-order chi connectivity index (χ1) is 8.61. The van der Waals surface area contributed by atoms with Crippen LogP contribution in [0.4, 0.5) is 5.69 Å². The van der Waals surface area contributed by atoms with E-state index in [1.807, 2.05) is 6.07 Å². The lowest BCUT2D eigenvalue weighted by Crippen LogP contribution is -2.13. The Morgan fingerprint density at radius 1 is 1.44 bits per heavy atom. The fourth-order valence-electron chi connectivity index (χ4n) is 1.39. The second-order valence-electron chi connectivity index (χ2n) is 3.51. The van der Waals surface area contributed by atoms with Crippen LogP contribution >= 0.6 is 15.9 Å². The standard InChI is InChI=1S/C11H11BrN4O2/c12-7-1-2-8(6(3-7)4-13)18-11-9(14)10(17)15-5-16-11/h1-3,5H,4,13-14H2,(H,15,16,17). The SMILES string of the molecule is NCc1cc(Br)ccc1Oc1nc[nH]c(=O)c1N. The van der Waals surface area contributed by atoms with Gasteiger partial charge in [-0.15, -0.1) is 0 Å². The molecule has 5 N–H and O–H groups in total. The second kappa shape index (κ2) is 5.19. The molecule has 0 unspecified atom stereocenters. The number of anilines is 1. The van der Waals surface area contributed by atoms with Gasteiger partial charge in [-0.05, 0) is 18.2 Å². The molecular formula is C11H11BrN4O2. The molecule has 6 nitrogen and oxygen atoms in total. The monoisotopic (exact) mass is 310 g/mol. The number of aromatic amines is 1. The molecule has 18 heavy (non-hydrogen) atoms. The van der Waals surface area contributed by atoms with E-state index in [4.69, 9.17) is 16.2 Å². The summed E-state index contributed by atoms with van der Waals surface area (Å²) in [6, 6.07) is 5.37. The normalized spacial score (nSPS) is 10.3. The second-order valence-corrected chi connectivity index (χ2v) is 4.42. The van der Waals surface area contributed by atoms with Gasteiger partial charge < -0.3 is 21.2 Å². The van der Waals surface area contributed by atoms with Crippen molar-refractivity contribution < 1.29 is 4.74 Å². The lowest BCUT2D eigenvalue weighted by Gasteiger charge is -2.10. The number of nitrogens with one attached hydrogen (secondary N) is 1. The van der Waals surface area contributed by atoms with Gasteiger partial charge in [-0.25, -0.2) is 4.98 Å². The number of hydrogen-bond donors (Lipinski definition) is 3. The summed E-state index contributed by atoms with van der Waals surface area (Å²) in [5.41, 5.74) is 11.5. The highest BCUT2D eigenvalue weighted by Crippen LogP contribution is 2.28. The van der Waals surface area contributed by atoms with Gasteiger partial charge >= 0.3 is 0 Å². The molecule has 0 spiro atoms. The summed E-state index contributed by atoms with van der Waals surface area (Å²) in [7, 11) is 0. The zero-order valence-electron chi connectivity index (χ0n) is 9.31. The van der Waals surface area contributed by atoms with Crippen molar-refractivity contribution in [1.82, 2.24) is 9.97 Å². The van der Waals surface area contributed by atoms with Crippen LogP contribution in [0.1, 0.15) is 5.56 Å². The van der Waals surface area contributed by atoms with Crippen LogP contribution in [0.25, 0.3) is 0 Å². The molecule has 0 saturated carbocycles. The number of nitrogen functional groups attached to an aromatic ring is 1. The van der Waals surface area contributed by atoms with Crippen LogP contribution in [0.3, 0.4) is 0 Å². The number of ether oxygens (including phenoxy) is 1. The van der Waals surface area contributed by atoms with E-state index in [0.717, 1.165) is 10.0 Å². The number of aromatic nitrogens is 2. The van der Waals surface area contributed by atoms with Gasteiger partial charge in [-0.2, -0.15) is 0 Å². The summed E-state index contributed by atoms with van der Waals surface area (Å²) in [5, 5.41) is 0. The van der Waals surface area contributed by atoms with Crippen molar-refractivity contribution in [2.24, 2.45) is 5.73 Å².